The molecule has 1 aliphatic rings. The second-order valence-electron chi connectivity index (χ2n) is 7.57. The maximum Gasteiger partial charge on any atom is 0.324 e. The van der Waals surface area contributed by atoms with Crippen molar-refractivity contribution in [1.29, 1.82) is 0 Å². The number of ether oxygens (including phenoxy) is 1. The van der Waals surface area contributed by atoms with Gasteiger partial charge in [-0.2, -0.15) is 4.72 Å². The number of sulfonamides is 1. The SMILES string of the molecule is CC(C)[C@@H](NS(=O)(=O)/C=C/c1ccccc1)C(=O)OCCN1C(=O)c2ccccc2C1=O. The fraction of sp³-hybridized carbons (Fsp3) is 0.261. The predicted molar refractivity (Wildman–Crippen MR) is 119 cm³/mol. The molecule has 3 rings (SSSR count). The fourth-order valence-electron chi connectivity index (χ4n) is 3.17. The van der Waals surface area contributed by atoms with Gasteiger partial charge in [0.05, 0.1) is 17.7 Å². The highest BCUT2D eigenvalue weighted by Gasteiger charge is 2.35. The van der Waals surface area contributed by atoms with Crippen LogP contribution in [0.1, 0.15) is 40.1 Å². The van der Waals surface area contributed by atoms with Gasteiger partial charge in [0.2, 0.25) is 10.0 Å². The molecule has 8 nitrogen and oxygen atoms in total. The molecule has 0 unspecified atom stereocenters. The second-order valence-corrected chi connectivity index (χ2v) is 9.17. The van der Waals surface area contributed by atoms with E-state index in [9.17, 15) is 22.8 Å². The molecule has 0 saturated heterocycles. The summed E-state index contributed by atoms with van der Waals surface area (Å²) < 4.78 is 32.4. The highest BCUT2D eigenvalue weighted by atomic mass is 32.2. The lowest BCUT2D eigenvalue weighted by molar-refractivity contribution is -0.147. The smallest absolute Gasteiger partial charge is 0.324 e. The first-order valence-electron chi connectivity index (χ1n) is 10.1. The largest absolute Gasteiger partial charge is 0.463 e. The molecule has 168 valence electrons. The van der Waals surface area contributed by atoms with Crippen molar-refractivity contribution in [1.82, 2.24) is 9.62 Å². The zero-order valence-electron chi connectivity index (χ0n) is 17.7. The predicted octanol–water partition coefficient (Wildman–Crippen LogP) is 2.44. The van der Waals surface area contributed by atoms with E-state index in [1.807, 2.05) is 6.07 Å². The Hall–Kier alpha value is -3.30. The Kier molecular flexibility index (Phi) is 7.22. The maximum atomic E-state index is 12.5. The van der Waals surface area contributed by atoms with E-state index in [0.29, 0.717) is 16.7 Å². The molecule has 1 atom stereocenters. The van der Waals surface area contributed by atoms with Gasteiger partial charge in [0, 0.05) is 5.41 Å². The lowest BCUT2D eigenvalue weighted by Crippen LogP contribution is -2.45. The third-order valence-corrected chi connectivity index (χ3v) is 5.97. The third kappa shape index (κ3) is 5.49. The van der Waals surface area contributed by atoms with Crippen LogP contribution < -0.4 is 4.72 Å². The van der Waals surface area contributed by atoms with E-state index < -0.39 is 33.8 Å². The summed E-state index contributed by atoms with van der Waals surface area (Å²) in [5.41, 5.74) is 1.31. The molecule has 0 aliphatic carbocycles. The van der Waals surface area contributed by atoms with Gasteiger partial charge in [0.25, 0.3) is 11.8 Å². The highest BCUT2D eigenvalue weighted by molar-refractivity contribution is 7.92. The quantitative estimate of drug-likeness (QED) is 0.458. The van der Waals surface area contributed by atoms with Gasteiger partial charge in [-0.05, 0) is 29.7 Å². The average Bonchev–Trinajstić information content (AvgIpc) is 3.02. The molecule has 32 heavy (non-hydrogen) atoms. The van der Waals surface area contributed by atoms with Gasteiger partial charge in [-0.1, -0.05) is 56.3 Å². The van der Waals surface area contributed by atoms with Crippen LogP contribution in [-0.2, 0) is 19.6 Å². The molecule has 2 aromatic rings. The fourth-order valence-corrected chi connectivity index (χ4v) is 4.31. The minimum Gasteiger partial charge on any atom is -0.463 e. The Labute approximate surface area is 186 Å². The van der Waals surface area contributed by atoms with Crippen LogP contribution in [0.2, 0.25) is 0 Å². The summed E-state index contributed by atoms with van der Waals surface area (Å²) in [4.78, 5) is 38.3. The van der Waals surface area contributed by atoms with Crippen LogP contribution in [-0.4, -0.2) is 50.3 Å². The Bertz CT molecular complexity index is 1110. The van der Waals surface area contributed by atoms with Crippen LogP contribution in [0.3, 0.4) is 0 Å². The van der Waals surface area contributed by atoms with Gasteiger partial charge >= 0.3 is 5.97 Å². The number of carbonyl (C=O) groups is 3. The number of imide groups is 1. The molecule has 1 N–H and O–H groups in total. The number of amides is 2. The van der Waals surface area contributed by atoms with Crippen molar-refractivity contribution in [3.8, 4) is 0 Å². The van der Waals surface area contributed by atoms with Crippen LogP contribution in [0.5, 0.6) is 0 Å². The standard InChI is InChI=1S/C23H24N2O6S/c1-16(2)20(24-32(29,30)15-12-17-8-4-3-5-9-17)23(28)31-14-13-25-21(26)18-10-6-7-11-19(18)22(25)27/h3-12,15-16,20,24H,13-14H2,1-2H3/b15-12+/t20-/m1/s1. The Morgan fingerprint density at radius 3 is 2.12 bits per heavy atom. The minimum absolute atomic E-state index is 0.121. The van der Waals surface area contributed by atoms with E-state index in [1.54, 1.807) is 62.4 Å². The van der Waals surface area contributed by atoms with Crippen molar-refractivity contribution in [3.05, 3.63) is 76.7 Å². The summed E-state index contributed by atoms with van der Waals surface area (Å²) in [6.45, 7) is 3.00. The van der Waals surface area contributed by atoms with E-state index in [1.165, 1.54) is 6.08 Å². The summed E-state index contributed by atoms with van der Waals surface area (Å²) in [6, 6.07) is 14.2. The molecule has 9 heteroatoms. The maximum absolute atomic E-state index is 12.5. The topological polar surface area (TPSA) is 110 Å². The monoisotopic (exact) mass is 456 g/mol. The summed E-state index contributed by atoms with van der Waals surface area (Å²) in [5, 5.41) is 0.990. The van der Waals surface area contributed by atoms with Gasteiger partial charge < -0.3 is 4.74 Å². The molecule has 2 amide bonds. The van der Waals surface area contributed by atoms with Gasteiger partial charge in [0.15, 0.2) is 0 Å². The van der Waals surface area contributed by atoms with Crippen LogP contribution in [0, 0.1) is 5.92 Å². The van der Waals surface area contributed by atoms with Crippen molar-refractivity contribution < 1.29 is 27.5 Å². The lowest BCUT2D eigenvalue weighted by atomic mass is 10.1. The number of rotatable bonds is 9. The van der Waals surface area contributed by atoms with Crippen LogP contribution >= 0.6 is 0 Å². The van der Waals surface area contributed by atoms with E-state index in [-0.39, 0.29) is 19.1 Å². The summed E-state index contributed by atoms with van der Waals surface area (Å²) in [6.07, 6.45) is 1.42. The summed E-state index contributed by atoms with van der Waals surface area (Å²) >= 11 is 0. The molecule has 0 aromatic heterocycles. The molecule has 0 spiro atoms. The van der Waals surface area contributed by atoms with Crippen molar-refractivity contribution in [2.75, 3.05) is 13.2 Å². The molecule has 2 aromatic carbocycles. The normalized spacial score (nSPS) is 14.8. The van der Waals surface area contributed by atoms with Gasteiger partial charge in [0.1, 0.15) is 12.6 Å². The number of benzene rings is 2. The van der Waals surface area contributed by atoms with E-state index in [4.69, 9.17) is 4.74 Å². The lowest BCUT2D eigenvalue weighted by Gasteiger charge is -2.21. The number of nitrogens with zero attached hydrogens (tertiary/aromatic N) is 1. The number of fused-ring (bicyclic) bond motifs is 1. The van der Waals surface area contributed by atoms with Gasteiger partial charge in [-0.25, -0.2) is 8.42 Å². The van der Waals surface area contributed by atoms with E-state index >= 15 is 0 Å². The Morgan fingerprint density at radius 2 is 1.56 bits per heavy atom. The zero-order chi connectivity index (χ0) is 23.3. The number of hydrogen-bond donors (Lipinski definition) is 1. The van der Waals surface area contributed by atoms with Gasteiger partial charge in [-0.15, -0.1) is 0 Å². The first kappa shape index (κ1) is 23.4. The van der Waals surface area contributed by atoms with Crippen LogP contribution in [0.4, 0.5) is 0 Å². The number of carbonyl (C=O) groups excluding carboxylic acids is 3. The summed E-state index contributed by atoms with van der Waals surface area (Å²) in [7, 11) is -3.91. The number of esters is 1. The molecule has 1 aliphatic heterocycles. The molecule has 1 heterocycles. The average molecular weight is 457 g/mol. The molecule has 0 fully saturated rings. The third-order valence-electron chi connectivity index (χ3n) is 4.89. The van der Waals surface area contributed by atoms with Crippen molar-refractivity contribution in [2.45, 2.75) is 19.9 Å². The molecular weight excluding hydrogens is 432 g/mol. The molecule has 0 bridgehead atoms. The minimum atomic E-state index is -3.91. The number of hydrogen-bond acceptors (Lipinski definition) is 6. The Morgan fingerprint density at radius 1 is 1.00 bits per heavy atom. The van der Waals surface area contributed by atoms with Crippen LogP contribution in [0.25, 0.3) is 6.08 Å². The van der Waals surface area contributed by atoms with Crippen molar-refractivity contribution in [3.63, 3.8) is 0 Å². The van der Waals surface area contributed by atoms with E-state index in [0.717, 1.165) is 10.3 Å². The number of nitrogens with one attached hydrogen (secondary N) is 1. The van der Waals surface area contributed by atoms with Gasteiger partial charge in [-0.3, -0.25) is 19.3 Å². The molecule has 0 radical (unpaired) electrons. The first-order valence-corrected chi connectivity index (χ1v) is 11.6. The molecule has 0 saturated carbocycles. The second kappa shape index (κ2) is 9.88. The van der Waals surface area contributed by atoms with Crippen LogP contribution in [0.15, 0.2) is 60.0 Å². The zero-order valence-corrected chi connectivity index (χ0v) is 18.5. The first-order chi connectivity index (χ1) is 15.2. The van der Waals surface area contributed by atoms with E-state index in [2.05, 4.69) is 4.72 Å². The van der Waals surface area contributed by atoms with Crippen molar-refractivity contribution >= 4 is 33.9 Å². The summed E-state index contributed by atoms with van der Waals surface area (Å²) in [5.74, 6) is -2.07. The van der Waals surface area contributed by atoms with Crippen molar-refractivity contribution in [2.24, 2.45) is 5.92 Å². The highest BCUT2D eigenvalue weighted by Crippen LogP contribution is 2.22. The molecular formula is C23H24N2O6S. The Balaban J connectivity index is 1.58.